The standard InChI is InChI=1S/C16H16FN5/c1-12-5-6-15(20-19-12)21-7-9-22(10-8-21)16-13(11-18)3-2-4-14(16)17/h2-6H,7-10H2,1H3. The second-order valence-corrected chi connectivity index (χ2v) is 5.25. The van der Waals surface area contributed by atoms with Crippen molar-refractivity contribution >= 4 is 11.5 Å². The van der Waals surface area contributed by atoms with E-state index in [-0.39, 0.29) is 5.82 Å². The number of benzene rings is 1. The number of para-hydroxylation sites is 1. The molecule has 1 aromatic carbocycles. The first-order chi connectivity index (χ1) is 10.7. The van der Waals surface area contributed by atoms with Gasteiger partial charge in [0.25, 0.3) is 0 Å². The zero-order valence-electron chi connectivity index (χ0n) is 12.3. The molecule has 1 aliphatic heterocycles. The SMILES string of the molecule is Cc1ccc(N2CCN(c3c(F)cccc3C#N)CC2)nn1. The summed E-state index contributed by atoms with van der Waals surface area (Å²) in [5.41, 5.74) is 1.66. The number of hydrogen-bond donors (Lipinski definition) is 0. The van der Waals surface area contributed by atoms with Crippen molar-refractivity contribution in [2.45, 2.75) is 6.92 Å². The van der Waals surface area contributed by atoms with Crippen LogP contribution in [0.1, 0.15) is 11.3 Å². The molecular weight excluding hydrogens is 281 g/mol. The Hall–Kier alpha value is -2.68. The molecule has 0 unspecified atom stereocenters. The van der Waals surface area contributed by atoms with E-state index in [0.717, 1.165) is 24.6 Å². The molecule has 112 valence electrons. The van der Waals surface area contributed by atoms with E-state index in [9.17, 15) is 4.39 Å². The highest BCUT2D eigenvalue weighted by atomic mass is 19.1. The summed E-state index contributed by atoms with van der Waals surface area (Å²) in [4.78, 5) is 4.04. The van der Waals surface area contributed by atoms with E-state index >= 15 is 0 Å². The average Bonchev–Trinajstić information content (AvgIpc) is 2.55. The Morgan fingerprint density at radius 1 is 1.05 bits per heavy atom. The van der Waals surface area contributed by atoms with Crippen molar-refractivity contribution in [2.75, 3.05) is 36.0 Å². The highest BCUT2D eigenvalue weighted by Gasteiger charge is 2.22. The number of nitriles is 1. The largest absolute Gasteiger partial charge is 0.365 e. The summed E-state index contributed by atoms with van der Waals surface area (Å²) < 4.78 is 14.1. The Balaban J connectivity index is 1.75. The summed E-state index contributed by atoms with van der Waals surface area (Å²) in [6, 6.07) is 10.6. The fourth-order valence-electron chi connectivity index (χ4n) is 2.65. The van der Waals surface area contributed by atoms with Crippen LogP contribution in [0.25, 0.3) is 0 Å². The molecule has 6 heteroatoms. The van der Waals surface area contributed by atoms with Gasteiger partial charge in [-0.15, -0.1) is 5.10 Å². The van der Waals surface area contributed by atoms with E-state index in [0.29, 0.717) is 24.3 Å². The molecule has 2 heterocycles. The molecule has 0 spiro atoms. The Morgan fingerprint density at radius 2 is 1.77 bits per heavy atom. The van der Waals surface area contributed by atoms with Gasteiger partial charge in [-0.2, -0.15) is 10.4 Å². The summed E-state index contributed by atoms with van der Waals surface area (Å²) in [6.07, 6.45) is 0. The van der Waals surface area contributed by atoms with Gasteiger partial charge >= 0.3 is 0 Å². The summed E-state index contributed by atoms with van der Waals surface area (Å²) in [5.74, 6) is 0.488. The van der Waals surface area contributed by atoms with Gasteiger partial charge in [-0.3, -0.25) is 0 Å². The third kappa shape index (κ3) is 2.70. The van der Waals surface area contributed by atoms with Crippen LogP contribution in [-0.4, -0.2) is 36.4 Å². The molecule has 0 N–H and O–H groups in total. The lowest BCUT2D eigenvalue weighted by molar-refractivity contribution is 0.594. The zero-order chi connectivity index (χ0) is 15.5. The van der Waals surface area contributed by atoms with Crippen molar-refractivity contribution in [1.29, 1.82) is 5.26 Å². The highest BCUT2D eigenvalue weighted by Crippen LogP contribution is 2.25. The molecule has 0 bridgehead atoms. The molecule has 1 aliphatic rings. The Bertz CT molecular complexity index is 699. The first kappa shape index (κ1) is 14.3. The van der Waals surface area contributed by atoms with Gasteiger partial charge in [0.2, 0.25) is 0 Å². The van der Waals surface area contributed by atoms with Crippen molar-refractivity contribution in [2.24, 2.45) is 0 Å². The maximum atomic E-state index is 14.1. The number of piperazine rings is 1. The Labute approximate surface area is 128 Å². The van der Waals surface area contributed by atoms with Gasteiger partial charge in [-0.1, -0.05) is 6.07 Å². The van der Waals surface area contributed by atoms with E-state index in [1.807, 2.05) is 24.0 Å². The molecule has 1 saturated heterocycles. The van der Waals surface area contributed by atoms with Crippen LogP contribution in [0.2, 0.25) is 0 Å². The number of aromatic nitrogens is 2. The van der Waals surface area contributed by atoms with Gasteiger partial charge in [0, 0.05) is 26.2 Å². The van der Waals surface area contributed by atoms with Crippen molar-refractivity contribution < 1.29 is 4.39 Å². The molecule has 1 fully saturated rings. The number of aryl methyl sites for hydroxylation is 1. The number of hydrogen-bond acceptors (Lipinski definition) is 5. The van der Waals surface area contributed by atoms with Crippen molar-refractivity contribution in [3.05, 3.63) is 47.4 Å². The van der Waals surface area contributed by atoms with Crippen LogP contribution in [0.5, 0.6) is 0 Å². The van der Waals surface area contributed by atoms with Crippen molar-refractivity contribution in [1.82, 2.24) is 10.2 Å². The number of rotatable bonds is 2. The Morgan fingerprint density at radius 3 is 2.41 bits per heavy atom. The second kappa shape index (κ2) is 5.98. The summed E-state index contributed by atoms with van der Waals surface area (Å²) in [7, 11) is 0. The third-order valence-electron chi connectivity index (χ3n) is 3.81. The maximum Gasteiger partial charge on any atom is 0.151 e. The lowest BCUT2D eigenvalue weighted by Crippen LogP contribution is -2.47. The normalized spacial score (nSPS) is 14.8. The Kier molecular flexibility index (Phi) is 3.88. The average molecular weight is 297 g/mol. The molecule has 3 rings (SSSR count). The molecule has 1 aromatic heterocycles. The van der Waals surface area contributed by atoms with Crippen LogP contribution >= 0.6 is 0 Å². The minimum absolute atomic E-state index is 0.345. The minimum atomic E-state index is -0.345. The van der Waals surface area contributed by atoms with Gasteiger partial charge in [-0.05, 0) is 31.2 Å². The fraction of sp³-hybridized carbons (Fsp3) is 0.312. The first-order valence-corrected chi connectivity index (χ1v) is 7.18. The predicted octanol–water partition coefficient (Wildman–Crippen LogP) is 2.12. The van der Waals surface area contributed by atoms with Gasteiger partial charge < -0.3 is 9.80 Å². The van der Waals surface area contributed by atoms with E-state index < -0.39 is 0 Å². The number of nitrogens with zero attached hydrogens (tertiary/aromatic N) is 5. The van der Waals surface area contributed by atoms with E-state index in [1.165, 1.54) is 6.07 Å². The van der Waals surface area contributed by atoms with Gasteiger partial charge in [0.15, 0.2) is 5.82 Å². The van der Waals surface area contributed by atoms with Crippen LogP contribution < -0.4 is 9.80 Å². The van der Waals surface area contributed by atoms with Crippen LogP contribution in [-0.2, 0) is 0 Å². The van der Waals surface area contributed by atoms with Crippen LogP contribution in [0, 0.1) is 24.1 Å². The topological polar surface area (TPSA) is 56.0 Å². The fourth-order valence-corrected chi connectivity index (χ4v) is 2.65. The van der Waals surface area contributed by atoms with Crippen LogP contribution in [0.4, 0.5) is 15.9 Å². The van der Waals surface area contributed by atoms with E-state index in [2.05, 4.69) is 21.2 Å². The number of halogens is 1. The third-order valence-corrected chi connectivity index (χ3v) is 3.81. The summed E-state index contributed by atoms with van der Waals surface area (Å²) >= 11 is 0. The molecule has 22 heavy (non-hydrogen) atoms. The highest BCUT2D eigenvalue weighted by molar-refractivity contribution is 5.61. The molecule has 0 saturated carbocycles. The molecular formula is C16H16FN5. The maximum absolute atomic E-state index is 14.1. The predicted molar refractivity (Wildman–Crippen MR) is 82.3 cm³/mol. The smallest absolute Gasteiger partial charge is 0.151 e. The molecule has 0 atom stereocenters. The molecule has 0 aliphatic carbocycles. The van der Waals surface area contributed by atoms with Crippen LogP contribution in [0.3, 0.4) is 0 Å². The van der Waals surface area contributed by atoms with Gasteiger partial charge in [0.1, 0.15) is 11.9 Å². The molecule has 2 aromatic rings. The van der Waals surface area contributed by atoms with Crippen LogP contribution in [0.15, 0.2) is 30.3 Å². The first-order valence-electron chi connectivity index (χ1n) is 7.18. The lowest BCUT2D eigenvalue weighted by atomic mass is 10.1. The second-order valence-electron chi connectivity index (χ2n) is 5.25. The molecule has 0 radical (unpaired) electrons. The van der Waals surface area contributed by atoms with E-state index in [1.54, 1.807) is 12.1 Å². The van der Waals surface area contributed by atoms with E-state index in [4.69, 9.17) is 5.26 Å². The van der Waals surface area contributed by atoms with Crippen molar-refractivity contribution in [3.63, 3.8) is 0 Å². The van der Waals surface area contributed by atoms with Crippen molar-refractivity contribution in [3.8, 4) is 6.07 Å². The van der Waals surface area contributed by atoms with Gasteiger partial charge in [-0.25, -0.2) is 4.39 Å². The minimum Gasteiger partial charge on any atom is -0.365 e. The molecule has 0 amide bonds. The molecule has 5 nitrogen and oxygen atoms in total. The summed E-state index contributed by atoms with van der Waals surface area (Å²) in [6.45, 7) is 4.63. The summed E-state index contributed by atoms with van der Waals surface area (Å²) in [5, 5.41) is 17.4. The lowest BCUT2D eigenvalue weighted by Gasteiger charge is -2.36. The quantitative estimate of drug-likeness (QED) is 0.850. The zero-order valence-corrected chi connectivity index (χ0v) is 12.3. The monoisotopic (exact) mass is 297 g/mol. The van der Waals surface area contributed by atoms with Gasteiger partial charge in [0.05, 0.1) is 16.9 Å². The number of anilines is 2.